The molecule has 0 amide bonds. The maximum atomic E-state index is 13.7. The lowest BCUT2D eigenvalue weighted by atomic mass is 10.0. The number of ether oxygens (including phenoxy) is 1. The van der Waals surface area contributed by atoms with Crippen LogP contribution in [-0.2, 0) is 16.6 Å². The first-order valence-corrected chi connectivity index (χ1v) is 10.7. The van der Waals surface area contributed by atoms with Crippen molar-refractivity contribution in [2.24, 2.45) is 0 Å². The van der Waals surface area contributed by atoms with E-state index in [1.807, 2.05) is 30.3 Å². The fourth-order valence-electron chi connectivity index (χ4n) is 3.30. The molecule has 0 aromatic heterocycles. The molecule has 0 radical (unpaired) electrons. The number of carbonyl (C=O) groups is 1. The molecule has 0 spiro atoms. The Balaban J connectivity index is 2.24. The molecule has 0 atom stereocenters. The number of anilines is 1. The van der Waals surface area contributed by atoms with E-state index in [4.69, 9.17) is 4.74 Å². The van der Waals surface area contributed by atoms with E-state index >= 15 is 0 Å². The zero-order chi connectivity index (χ0) is 21.9. The molecule has 0 bridgehead atoms. The van der Waals surface area contributed by atoms with Gasteiger partial charge in [0.1, 0.15) is 5.75 Å². The molecule has 3 aromatic rings. The highest BCUT2D eigenvalue weighted by atomic mass is 32.2. The van der Waals surface area contributed by atoms with Gasteiger partial charge in [0.15, 0.2) is 0 Å². The standard InChI is InChI=1S/C23H23NO5S/c1-16-9-10-17(2)22(21(16)23(25)26)24(15-18-7-5-4-6-8-18)30(27,28)20-13-11-19(29-3)12-14-20/h4-14H,15H2,1-3H3,(H,25,26). The monoisotopic (exact) mass is 425 g/mol. The highest BCUT2D eigenvalue weighted by molar-refractivity contribution is 7.92. The van der Waals surface area contributed by atoms with E-state index in [9.17, 15) is 18.3 Å². The van der Waals surface area contributed by atoms with Gasteiger partial charge >= 0.3 is 5.97 Å². The van der Waals surface area contributed by atoms with Crippen LogP contribution in [0.4, 0.5) is 5.69 Å². The summed E-state index contributed by atoms with van der Waals surface area (Å²) in [5.41, 5.74) is 1.94. The minimum Gasteiger partial charge on any atom is -0.497 e. The van der Waals surface area contributed by atoms with Crippen LogP contribution in [0, 0.1) is 13.8 Å². The average Bonchev–Trinajstić information content (AvgIpc) is 2.74. The normalized spacial score (nSPS) is 11.2. The van der Waals surface area contributed by atoms with Crippen LogP contribution in [0.25, 0.3) is 0 Å². The van der Waals surface area contributed by atoms with Crippen LogP contribution in [0.15, 0.2) is 71.6 Å². The van der Waals surface area contributed by atoms with Crippen molar-refractivity contribution in [1.29, 1.82) is 0 Å². The summed E-state index contributed by atoms with van der Waals surface area (Å²) >= 11 is 0. The predicted molar refractivity (Wildman–Crippen MR) is 116 cm³/mol. The van der Waals surface area contributed by atoms with Gasteiger partial charge in [-0.15, -0.1) is 0 Å². The molecule has 0 aliphatic heterocycles. The van der Waals surface area contributed by atoms with Crippen molar-refractivity contribution >= 4 is 21.7 Å². The largest absolute Gasteiger partial charge is 0.497 e. The van der Waals surface area contributed by atoms with Gasteiger partial charge in [0.25, 0.3) is 10.0 Å². The van der Waals surface area contributed by atoms with Crippen molar-refractivity contribution in [2.45, 2.75) is 25.3 Å². The van der Waals surface area contributed by atoms with Crippen LogP contribution >= 0.6 is 0 Å². The fraction of sp³-hybridized carbons (Fsp3) is 0.174. The Bertz CT molecular complexity index is 1160. The molecule has 0 saturated carbocycles. The number of carboxylic acids is 1. The summed E-state index contributed by atoms with van der Waals surface area (Å²) in [4.78, 5) is 12.1. The van der Waals surface area contributed by atoms with Crippen LogP contribution in [0.2, 0.25) is 0 Å². The maximum absolute atomic E-state index is 13.7. The van der Waals surface area contributed by atoms with Crippen LogP contribution in [0.3, 0.4) is 0 Å². The first-order chi connectivity index (χ1) is 14.3. The Morgan fingerprint density at radius 3 is 2.10 bits per heavy atom. The van der Waals surface area contributed by atoms with Crippen molar-refractivity contribution in [3.05, 3.63) is 89.0 Å². The van der Waals surface area contributed by atoms with Gasteiger partial charge in [-0.25, -0.2) is 13.2 Å². The fourth-order valence-corrected chi connectivity index (χ4v) is 4.83. The maximum Gasteiger partial charge on any atom is 0.338 e. The number of nitrogens with zero attached hydrogens (tertiary/aromatic N) is 1. The van der Waals surface area contributed by atoms with Crippen LogP contribution in [-0.4, -0.2) is 26.6 Å². The molecule has 0 fully saturated rings. The van der Waals surface area contributed by atoms with E-state index in [1.54, 1.807) is 38.1 Å². The Morgan fingerprint density at radius 1 is 0.933 bits per heavy atom. The van der Waals surface area contributed by atoms with Gasteiger partial charge in [-0.2, -0.15) is 0 Å². The van der Waals surface area contributed by atoms with E-state index in [-0.39, 0.29) is 22.7 Å². The molecule has 1 N–H and O–H groups in total. The van der Waals surface area contributed by atoms with Crippen molar-refractivity contribution < 1.29 is 23.1 Å². The van der Waals surface area contributed by atoms with E-state index < -0.39 is 16.0 Å². The van der Waals surface area contributed by atoms with Crippen LogP contribution in [0.1, 0.15) is 27.0 Å². The third-order valence-corrected chi connectivity index (χ3v) is 6.63. The summed E-state index contributed by atoms with van der Waals surface area (Å²) in [6, 6.07) is 18.5. The summed E-state index contributed by atoms with van der Waals surface area (Å²) in [5, 5.41) is 9.85. The number of methoxy groups -OCH3 is 1. The van der Waals surface area contributed by atoms with Crippen molar-refractivity contribution in [3.63, 3.8) is 0 Å². The molecule has 0 saturated heterocycles. The number of aromatic carboxylic acids is 1. The molecule has 3 rings (SSSR count). The minimum absolute atomic E-state index is 0.000222. The number of sulfonamides is 1. The summed E-state index contributed by atoms with van der Waals surface area (Å²) < 4.78 is 33.6. The summed E-state index contributed by atoms with van der Waals surface area (Å²) in [7, 11) is -2.56. The molecule has 0 heterocycles. The second-order valence-corrected chi connectivity index (χ2v) is 8.76. The molecule has 30 heavy (non-hydrogen) atoms. The Labute approximate surface area is 176 Å². The van der Waals surface area contributed by atoms with E-state index in [2.05, 4.69) is 0 Å². The minimum atomic E-state index is -4.06. The van der Waals surface area contributed by atoms with E-state index in [0.29, 0.717) is 16.9 Å². The number of carboxylic acid groups (broad SMARTS) is 1. The van der Waals surface area contributed by atoms with Gasteiger partial charge in [-0.1, -0.05) is 42.5 Å². The Hall–Kier alpha value is -3.32. The number of aryl methyl sites for hydroxylation is 2. The molecule has 156 valence electrons. The first kappa shape index (κ1) is 21.4. The lowest BCUT2D eigenvalue weighted by Gasteiger charge is -2.28. The molecular weight excluding hydrogens is 402 g/mol. The number of hydrogen-bond donors (Lipinski definition) is 1. The zero-order valence-corrected chi connectivity index (χ0v) is 17.8. The second-order valence-electron chi connectivity index (χ2n) is 6.90. The Morgan fingerprint density at radius 2 is 1.53 bits per heavy atom. The van der Waals surface area contributed by atoms with Gasteiger partial charge in [0, 0.05) is 0 Å². The molecule has 0 unspecified atom stereocenters. The summed E-state index contributed by atoms with van der Waals surface area (Å²) in [6.07, 6.45) is 0. The summed E-state index contributed by atoms with van der Waals surface area (Å²) in [5.74, 6) is -0.643. The highest BCUT2D eigenvalue weighted by Crippen LogP contribution is 2.34. The van der Waals surface area contributed by atoms with Crippen LogP contribution in [0.5, 0.6) is 5.75 Å². The lowest BCUT2D eigenvalue weighted by Crippen LogP contribution is -2.33. The SMILES string of the molecule is COc1ccc(S(=O)(=O)N(Cc2ccccc2)c2c(C)ccc(C)c2C(=O)O)cc1. The van der Waals surface area contributed by atoms with Gasteiger partial charge < -0.3 is 9.84 Å². The van der Waals surface area contributed by atoms with Crippen molar-refractivity contribution in [2.75, 3.05) is 11.4 Å². The van der Waals surface area contributed by atoms with Gasteiger partial charge in [-0.3, -0.25) is 4.31 Å². The second kappa shape index (κ2) is 8.59. The first-order valence-electron chi connectivity index (χ1n) is 9.30. The van der Waals surface area contributed by atoms with Gasteiger partial charge in [-0.05, 0) is 54.8 Å². The average molecular weight is 426 g/mol. The van der Waals surface area contributed by atoms with Crippen molar-refractivity contribution in [1.82, 2.24) is 0 Å². The highest BCUT2D eigenvalue weighted by Gasteiger charge is 2.31. The third-order valence-electron chi connectivity index (χ3n) is 4.87. The van der Waals surface area contributed by atoms with E-state index in [0.717, 1.165) is 5.56 Å². The molecular formula is C23H23NO5S. The smallest absolute Gasteiger partial charge is 0.338 e. The molecule has 6 nitrogen and oxygen atoms in total. The molecule has 3 aromatic carbocycles. The lowest BCUT2D eigenvalue weighted by molar-refractivity contribution is 0.0697. The van der Waals surface area contributed by atoms with Crippen LogP contribution < -0.4 is 9.04 Å². The number of benzene rings is 3. The number of hydrogen-bond acceptors (Lipinski definition) is 4. The predicted octanol–water partition coefficient (Wildman–Crippen LogP) is 4.41. The van der Waals surface area contributed by atoms with Crippen molar-refractivity contribution in [3.8, 4) is 5.75 Å². The summed E-state index contributed by atoms with van der Waals surface area (Å²) in [6.45, 7) is 3.37. The molecule has 0 aliphatic carbocycles. The molecule has 0 aliphatic rings. The number of rotatable bonds is 7. The van der Waals surface area contributed by atoms with E-state index in [1.165, 1.54) is 23.5 Å². The van der Waals surface area contributed by atoms with Gasteiger partial charge in [0.2, 0.25) is 0 Å². The third kappa shape index (κ3) is 4.16. The quantitative estimate of drug-likeness (QED) is 0.606. The topological polar surface area (TPSA) is 83.9 Å². The molecule has 7 heteroatoms. The zero-order valence-electron chi connectivity index (χ0n) is 17.0. The Kier molecular flexibility index (Phi) is 6.12. The van der Waals surface area contributed by atoms with Gasteiger partial charge in [0.05, 0.1) is 29.8 Å².